The van der Waals surface area contributed by atoms with Crippen LogP contribution in [0.25, 0.3) is 11.2 Å². The Kier molecular flexibility index (Phi) is 4.06. The van der Waals surface area contributed by atoms with E-state index in [0.717, 1.165) is 38.1 Å². The summed E-state index contributed by atoms with van der Waals surface area (Å²) in [5.74, 6) is 0.424. The topological polar surface area (TPSA) is 94.1 Å². The molecule has 1 spiro atoms. The van der Waals surface area contributed by atoms with Gasteiger partial charge in [0, 0.05) is 12.1 Å². The average Bonchev–Trinajstić information content (AvgIpc) is 3.36. The van der Waals surface area contributed by atoms with Gasteiger partial charge in [0.25, 0.3) is 0 Å². The molecule has 0 saturated carbocycles. The lowest BCUT2D eigenvalue weighted by molar-refractivity contribution is -0.0279. The summed E-state index contributed by atoms with van der Waals surface area (Å²) in [6.07, 6.45) is 10.8. The van der Waals surface area contributed by atoms with Gasteiger partial charge in [0.2, 0.25) is 0 Å². The molecule has 0 amide bonds. The number of hydrogen-bond acceptors (Lipinski definition) is 7. The van der Waals surface area contributed by atoms with Gasteiger partial charge < -0.3 is 15.8 Å². The fraction of sp³-hybridized carbons (Fsp3) is 0.722. The monoisotopic (exact) mass is 357 g/mol. The number of anilines is 1. The van der Waals surface area contributed by atoms with E-state index in [1.54, 1.807) is 6.33 Å². The van der Waals surface area contributed by atoms with Crippen LogP contribution in [0.5, 0.6) is 0 Å². The second-order valence-corrected chi connectivity index (χ2v) is 7.90. The Balaban J connectivity index is 1.29. The smallest absolute Gasteiger partial charge is 0.167 e. The number of piperidine rings is 1. The molecule has 140 valence electrons. The maximum Gasteiger partial charge on any atom is 0.167 e. The predicted octanol–water partition coefficient (Wildman–Crippen LogP) is 1.30. The summed E-state index contributed by atoms with van der Waals surface area (Å²) in [4.78, 5) is 15.5. The molecule has 2 atom stereocenters. The number of fused-ring (bicyclic) bond motifs is 1. The molecule has 5 heterocycles. The van der Waals surface area contributed by atoms with Gasteiger partial charge in [-0.05, 0) is 58.2 Å². The van der Waals surface area contributed by atoms with Crippen molar-refractivity contribution in [2.24, 2.45) is 0 Å². The molecular formula is C18H27N7O. The molecule has 8 heteroatoms. The molecule has 8 nitrogen and oxygen atoms in total. The van der Waals surface area contributed by atoms with Gasteiger partial charge >= 0.3 is 0 Å². The lowest BCUT2D eigenvalue weighted by Crippen LogP contribution is -2.52. The Morgan fingerprint density at radius 3 is 2.96 bits per heavy atom. The molecule has 0 unspecified atom stereocenters. The normalized spacial score (nSPS) is 29.1. The van der Waals surface area contributed by atoms with Gasteiger partial charge in [0.15, 0.2) is 11.5 Å². The Morgan fingerprint density at radius 1 is 1.19 bits per heavy atom. The number of nitrogens with two attached hydrogens (primary N) is 1. The van der Waals surface area contributed by atoms with Gasteiger partial charge in [-0.1, -0.05) is 0 Å². The summed E-state index contributed by atoms with van der Waals surface area (Å²) in [6, 6.07) is 0. The van der Waals surface area contributed by atoms with E-state index in [2.05, 4.69) is 25.2 Å². The number of rotatable bonds is 3. The quantitative estimate of drug-likeness (QED) is 0.855. The summed E-state index contributed by atoms with van der Waals surface area (Å²) in [7, 11) is 0. The van der Waals surface area contributed by atoms with Crippen molar-refractivity contribution in [3.63, 3.8) is 0 Å². The number of aromatic nitrogens is 4. The summed E-state index contributed by atoms with van der Waals surface area (Å²) < 4.78 is 8.43. The van der Waals surface area contributed by atoms with E-state index in [-0.39, 0.29) is 12.3 Å². The van der Waals surface area contributed by atoms with Crippen LogP contribution in [0.15, 0.2) is 12.7 Å². The lowest BCUT2D eigenvalue weighted by atomic mass is 9.85. The van der Waals surface area contributed by atoms with Gasteiger partial charge in [-0.15, -0.1) is 0 Å². The summed E-state index contributed by atoms with van der Waals surface area (Å²) in [5.41, 5.74) is 7.74. The van der Waals surface area contributed by atoms with Crippen LogP contribution in [0.2, 0.25) is 0 Å². The second-order valence-electron chi connectivity index (χ2n) is 7.90. The van der Waals surface area contributed by atoms with Crippen molar-refractivity contribution in [3.05, 3.63) is 12.7 Å². The second kappa shape index (κ2) is 6.44. The van der Waals surface area contributed by atoms with Crippen molar-refractivity contribution < 1.29 is 4.74 Å². The highest BCUT2D eigenvalue weighted by molar-refractivity contribution is 5.81. The third-order valence-electron chi connectivity index (χ3n) is 6.48. The molecule has 0 aliphatic carbocycles. The molecule has 0 aromatic carbocycles. The highest BCUT2D eigenvalue weighted by Crippen LogP contribution is 2.39. The molecule has 3 N–H and O–H groups in total. The van der Waals surface area contributed by atoms with Crippen LogP contribution >= 0.6 is 0 Å². The molecule has 0 bridgehead atoms. The summed E-state index contributed by atoms with van der Waals surface area (Å²) >= 11 is 0. The van der Waals surface area contributed by atoms with Crippen LogP contribution in [-0.4, -0.2) is 62.2 Å². The van der Waals surface area contributed by atoms with Crippen molar-refractivity contribution in [1.82, 2.24) is 29.7 Å². The molecule has 26 heavy (non-hydrogen) atoms. The minimum Gasteiger partial charge on any atom is -0.382 e. The standard InChI is InChI=1S/C18H27N7O/c19-16-15-17(22-11-21-16)25(12-23-15)14-3-2-13(26-14)10-24-9-1-4-18(24)5-7-20-8-6-18/h11-14,20H,1-10H2,(H2,19,21,22)/t13-,14+/m0/s1. The Labute approximate surface area is 153 Å². The number of hydrogen-bond donors (Lipinski definition) is 2. The highest BCUT2D eigenvalue weighted by atomic mass is 16.5. The number of likely N-dealkylation sites (tertiary alicyclic amines) is 1. The van der Waals surface area contributed by atoms with E-state index < -0.39 is 0 Å². The third-order valence-corrected chi connectivity index (χ3v) is 6.48. The van der Waals surface area contributed by atoms with Gasteiger partial charge in [-0.3, -0.25) is 9.47 Å². The molecule has 2 aromatic heterocycles. The largest absolute Gasteiger partial charge is 0.382 e. The molecule has 3 aliphatic heterocycles. The predicted molar refractivity (Wildman–Crippen MR) is 98.5 cm³/mol. The zero-order valence-electron chi connectivity index (χ0n) is 15.1. The van der Waals surface area contributed by atoms with Crippen LogP contribution in [0, 0.1) is 0 Å². The first kappa shape index (κ1) is 16.4. The third kappa shape index (κ3) is 2.67. The molecule has 2 aromatic rings. The van der Waals surface area contributed by atoms with Crippen molar-refractivity contribution in [1.29, 1.82) is 0 Å². The number of ether oxygens (including phenoxy) is 1. The van der Waals surface area contributed by atoms with Gasteiger partial charge in [0.1, 0.15) is 18.1 Å². The minimum absolute atomic E-state index is 0.00845. The summed E-state index contributed by atoms with van der Waals surface area (Å²) in [5, 5.41) is 3.51. The van der Waals surface area contributed by atoms with E-state index in [1.807, 2.05) is 4.57 Å². The van der Waals surface area contributed by atoms with Crippen LogP contribution in [0.4, 0.5) is 5.82 Å². The van der Waals surface area contributed by atoms with Crippen LogP contribution in [0.3, 0.4) is 0 Å². The molecular weight excluding hydrogens is 330 g/mol. The van der Waals surface area contributed by atoms with Gasteiger partial charge in [-0.2, -0.15) is 0 Å². The molecule has 5 rings (SSSR count). The van der Waals surface area contributed by atoms with Crippen LogP contribution in [-0.2, 0) is 4.74 Å². The van der Waals surface area contributed by atoms with E-state index in [9.17, 15) is 0 Å². The zero-order valence-corrected chi connectivity index (χ0v) is 15.1. The van der Waals surface area contributed by atoms with Crippen molar-refractivity contribution in [2.75, 3.05) is 31.9 Å². The maximum atomic E-state index is 6.41. The van der Waals surface area contributed by atoms with E-state index in [4.69, 9.17) is 10.5 Å². The number of nitrogen functional groups attached to an aromatic ring is 1. The zero-order chi connectivity index (χ0) is 17.6. The number of imidazole rings is 1. The Bertz CT molecular complexity index is 785. The van der Waals surface area contributed by atoms with Crippen molar-refractivity contribution in [3.8, 4) is 0 Å². The van der Waals surface area contributed by atoms with E-state index >= 15 is 0 Å². The van der Waals surface area contributed by atoms with Gasteiger partial charge in [-0.25, -0.2) is 15.0 Å². The molecule has 0 radical (unpaired) electrons. The first-order chi connectivity index (χ1) is 12.8. The lowest BCUT2D eigenvalue weighted by Gasteiger charge is -2.42. The van der Waals surface area contributed by atoms with Crippen molar-refractivity contribution >= 4 is 17.0 Å². The van der Waals surface area contributed by atoms with E-state index in [0.29, 0.717) is 16.9 Å². The number of nitrogens with zero attached hydrogens (tertiary/aromatic N) is 5. The van der Waals surface area contributed by atoms with Gasteiger partial charge in [0.05, 0.1) is 12.4 Å². The van der Waals surface area contributed by atoms with E-state index in [1.165, 1.54) is 38.6 Å². The van der Waals surface area contributed by atoms with Crippen molar-refractivity contribution in [2.45, 2.75) is 56.4 Å². The first-order valence-electron chi connectivity index (χ1n) is 9.79. The summed E-state index contributed by atoms with van der Waals surface area (Å²) in [6.45, 7) is 4.54. The van der Waals surface area contributed by atoms with Crippen LogP contribution in [0.1, 0.15) is 44.8 Å². The average molecular weight is 357 g/mol. The maximum absolute atomic E-state index is 6.41. The fourth-order valence-corrected chi connectivity index (χ4v) is 5.09. The first-order valence-corrected chi connectivity index (χ1v) is 9.79. The Hall–Kier alpha value is -1.77. The Morgan fingerprint density at radius 2 is 2.08 bits per heavy atom. The molecule has 3 aliphatic rings. The SMILES string of the molecule is Nc1ncnc2c1ncn2[C@H]1CC[C@@H](CN2CCCC23CCNCC3)O1. The highest BCUT2D eigenvalue weighted by Gasteiger charge is 2.43. The van der Waals surface area contributed by atoms with Crippen LogP contribution < -0.4 is 11.1 Å². The number of nitrogens with one attached hydrogen (secondary N) is 1. The molecule has 3 saturated heterocycles. The molecule has 3 fully saturated rings. The minimum atomic E-state index is -0.00845. The fourth-order valence-electron chi connectivity index (χ4n) is 5.09.